The number of sulfonamides is 1. The molecule has 15 heteroatoms. The van der Waals surface area contributed by atoms with E-state index in [1.165, 1.54) is 12.1 Å². The van der Waals surface area contributed by atoms with Crippen LogP contribution in [0, 0.1) is 12.5 Å². The Balaban J connectivity index is 1.57. The van der Waals surface area contributed by atoms with E-state index in [-0.39, 0.29) is 27.4 Å². The minimum Gasteiger partial charge on any atom is -0.366 e. The molecule has 2 aliphatic rings. The lowest BCUT2D eigenvalue weighted by Crippen LogP contribution is -2.50. The average molecular weight is 551 g/mol. The Hall–Kier alpha value is -3.22. The summed E-state index contributed by atoms with van der Waals surface area (Å²) in [7, 11) is -4.09. The maximum absolute atomic E-state index is 13.3. The normalized spacial score (nSPS) is 17.5. The number of halogens is 2. The third kappa shape index (κ3) is 4.76. The molecule has 5 rings (SSSR count). The minimum absolute atomic E-state index is 0.0485. The van der Waals surface area contributed by atoms with Gasteiger partial charge in [-0.05, 0) is 12.1 Å². The van der Waals surface area contributed by atoms with Gasteiger partial charge in [0.05, 0.1) is 23.4 Å². The Labute approximate surface area is 215 Å². The molecular weight excluding hydrogens is 526 g/mol. The van der Waals surface area contributed by atoms with Gasteiger partial charge >= 0.3 is 0 Å². The lowest BCUT2D eigenvalue weighted by atomic mass is 10.1. The van der Waals surface area contributed by atoms with Crippen molar-refractivity contribution in [3.63, 3.8) is 0 Å². The summed E-state index contributed by atoms with van der Waals surface area (Å²) >= 11 is 0.692. The number of rotatable bonds is 7. The van der Waals surface area contributed by atoms with Crippen LogP contribution in [0.2, 0.25) is 0 Å². The molecule has 0 radical (unpaired) electrons. The zero-order valence-electron chi connectivity index (χ0n) is 20.0. The first kappa shape index (κ1) is 25.4. The Morgan fingerprint density at radius 1 is 1.22 bits per heavy atom. The molecule has 37 heavy (non-hydrogen) atoms. The van der Waals surface area contributed by atoms with Crippen molar-refractivity contribution in [3.05, 3.63) is 28.6 Å². The van der Waals surface area contributed by atoms with Crippen LogP contribution in [0.15, 0.2) is 17.0 Å². The number of piperazine rings is 1. The number of nitrogens with zero attached hydrogens (tertiary/aromatic N) is 6. The highest BCUT2D eigenvalue weighted by Crippen LogP contribution is 2.40. The predicted molar refractivity (Wildman–Crippen MR) is 132 cm³/mol. The monoisotopic (exact) mass is 550 g/mol. The second kappa shape index (κ2) is 9.26. The van der Waals surface area contributed by atoms with Crippen LogP contribution in [0.1, 0.15) is 38.1 Å². The quantitative estimate of drug-likeness (QED) is 0.433. The van der Waals surface area contributed by atoms with Gasteiger partial charge in [0.15, 0.2) is 10.0 Å². The smallest absolute Gasteiger partial charge is 0.299 e. The molecule has 196 valence electrons. The highest BCUT2D eigenvalue weighted by atomic mass is 32.2. The average Bonchev–Trinajstić information content (AvgIpc) is 3.26. The number of hydrogen-bond acceptors (Lipinski definition) is 8. The number of carbonyl (C=O) groups excluding carboxylic acids is 1. The number of H-pyrrole nitrogens is 1. The van der Waals surface area contributed by atoms with Gasteiger partial charge in [-0.2, -0.15) is 5.10 Å². The summed E-state index contributed by atoms with van der Waals surface area (Å²) in [5.41, 5.74) is 0.0973. The highest BCUT2D eigenvalue weighted by Gasteiger charge is 2.54. The number of anilines is 1. The SMILES string of the molecule is [C-]#[N+]C1(NS(=O)(=O)c2cc(N3CCN(C(=O)C(C)C)CC3)c3n[nH]c(-c4nnc(C(F)F)s4)c3c2)CC1. The molecule has 2 N–H and O–H groups in total. The van der Waals surface area contributed by atoms with E-state index in [1.807, 2.05) is 18.7 Å². The molecule has 1 amide bonds. The summed E-state index contributed by atoms with van der Waals surface area (Å²) < 4.78 is 55.4. The van der Waals surface area contributed by atoms with Crippen LogP contribution in [0.3, 0.4) is 0 Å². The van der Waals surface area contributed by atoms with Crippen molar-refractivity contribution < 1.29 is 22.0 Å². The van der Waals surface area contributed by atoms with Crippen LogP contribution >= 0.6 is 11.3 Å². The summed E-state index contributed by atoms with van der Waals surface area (Å²) in [6.45, 7) is 12.9. The zero-order chi connectivity index (χ0) is 26.5. The van der Waals surface area contributed by atoms with E-state index in [9.17, 15) is 22.0 Å². The van der Waals surface area contributed by atoms with Gasteiger partial charge in [-0.3, -0.25) is 14.7 Å². The molecule has 3 aromatic rings. The Kier molecular flexibility index (Phi) is 6.37. The number of carbonyl (C=O) groups is 1. The third-order valence-electron chi connectivity index (χ3n) is 6.45. The predicted octanol–water partition coefficient (Wildman–Crippen LogP) is 3.01. The van der Waals surface area contributed by atoms with E-state index in [4.69, 9.17) is 6.57 Å². The largest absolute Gasteiger partial charge is 0.366 e. The Morgan fingerprint density at radius 3 is 2.49 bits per heavy atom. The van der Waals surface area contributed by atoms with Gasteiger partial charge < -0.3 is 9.80 Å². The fourth-order valence-corrected chi connectivity index (χ4v) is 6.37. The van der Waals surface area contributed by atoms with Crippen LogP contribution < -0.4 is 9.62 Å². The molecule has 1 saturated heterocycles. The number of amides is 1. The maximum Gasteiger partial charge on any atom is 0.299 e. The van der Waals surface area contributed by atoms with E-state index >= 15 is 0 Å². The van der Waals surface area contributed by atoms with Gasteiger partial charge in [0.2, 0.25) is 15.9 Å². The summed E-state index contributed by atoms with van der Waals surface area (Å²) in [5.74, 6) is -0.0821. The van der Waals surface area contributed by atoms with Gasteiger partial charge in [-0.15, -0.1) is 14.9 Å². The van der Waals surface area contributed by atoms with Crippen molar-refractivity contribution in [2.45, 2.75) is 43.7 Å². The topological polar surface area (TPSA) is 129 Å². The molecular formula is C22H24F2N8O3S2. The van der Waals surface area contributed by atoms with Crippen molar-refractivity contribution in [1.29, 1.82) is 0 Å². The number of fused-ring (bicyclic) bond motifs is 1. The maximum atomic E-state index is 13.3. The lowest BCUT2D eigenvalue weighted by molar-refractivity contribution is -0.134. The fourth-order valence-electron chi connectivity index (χ4n) is 4.25. The molecule has 11 nitrogen and oxygen atoms in total. The summed E-state index contributed by atoms with van der Waals surface area (Å²) in [6, 6.07) is 2.90. The van der Waals surface area contributed by atoms with Crippen molar-refractivity contribution in [2.24, 2.45) is 5.92 Å². The second-order valence-electron chi connectivity index (χ2n) is 9.40. The number of aromatic nitrogens is 4. The van der Waals surface area contributed by atoms with E-state index in [1.54, 1.807) is 4.90 Å². The van der Waals surface area contributed by atoms with Crippen LogP contribution in [-0.4, -0.2) is 71.5 Å². The molecule has 2 fully saturated rings. The van der Waals surface area contributed by atoms with Gasteiger partial charge in [-0.25, -0.2) is 23.8 Å². The van der Waals surface area contributed by atoms with Crippen LogP contribution in [0.5, 0.6) is 0 Å². The van der Waals surface area contributed by atoms with Gasteiger partial charge in [0.25, 0.3) is 12.1 Å². The number of nitrogens with one attached hydrogen (secondary N) is 2. The van der Waals surface area contributed by atoms with Crippen LogP contribution in [0.25, 0.3) is 26.4 Å². The molecule has 0 atom stereocenters. The van der Waals surface area contributed by atoms with Gasteiger partial charge in [-0.1, -0.05) is 25.2 Å². The summed E-state index contributed by atoms with van der Waals surface area (Å²) in [5, 5.41) is 14.6. The molecule has 1 aliphatic carbocycles. The van der Waals surface area contributed by atoms with E-state index in [2.05, 4.69) is 30.0 Å². The number of alkyl halides is 2. The summed E-state index contributed by atoms with van der Waals surface area (Å²) in [4.78, 5) is 19.5. The van der Waals surface area contributed by atoms with Crippen molar-refractivity contribution in [2.75, 3.05) is 31.1 Å². The summed E-state index contributed by atoms with van der Waals surface area (Å²) in [6.07, 6.45) is -1.94. The van der Waals surface area contributed by atoms with Crippen LogP contribution in [-0.2, 0) is 14.8 Å². The molecule has 2 aromatic heterocycles. The molecule has 3 heterocycles. The second-order valence-corrected chi connectivity index (χ2v) is 12.1. The van der Waals surface area contributed by atoms with E-state index in [0.717, 1.165) is 0 Å². The van der Waals surface area contributed by atoms with Crippen molar-refractivity contribution >= 4 is 43.9 Å². The first-order chi connectivity index (χ1) is 17.5. The molecule has 0 spiro atoms. The first-order valence-corrected chi connectivity index (χ1v) is 13.9. The number of aromatic amines is 1. The fraction of sp³-hybridized carbons (Fsp3) is 0.500. The lowest BCUT2D eigenvalue weighted by Gasteiger charge is -2.37. The molecule has 0 unspecified atom stereocenters. The Morgan fingerprint density at radius 2 is 1.92 bits per heavy atom. The van der Waals surface area contributed by atoms with E-state index in [0.29, 0.717) is 66.9 Å². The molecule has 1 saturated carbocycles. The van der Waals surface area contributed by atoms with Crippen LogP contribution in [0.4, 0.5) is 14.5 Å². The molecule has 1 aromatic carbocycles. The first-order valence-electron chi connectivity index (χ1n) is 11.6. The third-order valence-corrected chi connectivity index (χ3v) is 8.90. The Bertz CT molecular complexity index is 1500. The van der Waals surface area contributed by atoms with E-state index < -0.39 is 27.1 Å². The highest BCUT2D eigenvalue weighted by molar-refractivity contribution is 7.89. The van der Waals surface area contributed by atoms with Crippen molar-refractivity contribution in [1.82, 2.24) is 30.0 Å². The van der Waals surface area contributed by atoms with Gasteiger partial charge in [0, 0.05) is 37.5 Å². The number of benzene rings is 1. The zero-order valence-corrected chi connectivity index (χ0v) is 21.7. The standard InChI is InChI=1S/C22H24F2N8O3S2/c1-12(2)21(33)32-8-6-31(7-9-32)15-11-13(37(34,35)30-22(25-3)4-5-22)10-14-16(15)26-27-17(14)19-28-29-20(36-19)18(23)24/h10-12,18,30H,4-9H2,1-2H3,(H,26,27). The molecule has 0 bridgehead atoms. The van der Waals surface area contributed by atoms with Crippen molar-refractivity contribution in [3.8, 4) is 10.7 Å². The minimum atomic E-state index is -4.09. The number of hydrogen-bond donors (Lipinski definition) is 2. The molecule has 1 aliphatic heterocycles. The van der Waals surface area contributed by atoms with Gasteiger partial charge in [0.1, 0.15) is 11.2 Å².